The quantitative estimate of drug-likeness (QED) is 0.516. The largest absolute Gasteiger partial charge is 0.352 e. The number of benzene rings is 2. The minimum atomic E-state index is -0.0822. The van der Waals surface area contributed by atoms with Crippen LogP contribution in [0.4, 0.5) is 0 Å². The summed E-state index contributed by atoms with van der Waals surface area (Å²) in [6.07, 6.45) is 6.07. The van der Waals surface area contributed by atoms with Crippen LogP contribution < -0.4 is 5.32 Å². The molecule has 0 aliphatic heterocycles. The zero-order valence-corrected chi connectivity index (χ0v) is 14.7. The monoisotopic (exact) mass is 383 g/mol. The number of carbonyl (C=O) groups is 1. The molecule has 1 N–H and O–H groups in total. The van der Waals surface area contributed by atoms with Crippen LogP contribution in [0.1, 0.15) is 12.0 Å². The first-order chi connectivity index (χ1) is 11.7. The number of nitrogens with one attached hydrogen (secondary N) is 1. The summed E-state index contributed by atoms with van der Waals surface area (Å²) < 4.78 is 3.08. The molecular weight excluding hydrogens is 366 g/mol. The Morgan fingerprint density at radius 3 is 2.83 bits per heavy atom. The van der Waals surface area contributed by atoms with Gasteiger partial charge in [-0.05, 0) is 36.3 Å². The number of hydrogen-bond acceptors (Lipinski definition) is 2. The highest BCUT2D eigenvalue weighted by atomic mass is 79.9. The van der Waals surface area contributed by atoms with Crippen LogP contribution in [0.25, 0.3) is 17.1 Å². The smallest absolute Gasteiger partial charge is 0.244 e. The molecule has 4 nitrogen and oxygen atoms in total. The zero-order chi connectivity index (χ0) is 16.8. The van der Waals surface area contributed by atoms with Gasteiger partial charge in [0.1, 0.15) is 0 Å². The predicted octanol–water partition coefficient (Wildman–Crippen LogP) is 4.02. The Morgan fingerprint density at radius 2 is 1.96 bits per heavy atom. The molecule has 5 heteroatoms. The summed E-state index contributed by atoms with van der Waals surface area (Å²) in [4.78, 5) is 16.2. The topological polar surface area (TPSA) is 46.9 Å². The number of aromatic nitrogens is 2. The summed E-state index contributed by atoms with van der Waals surface area (Å²) in [5.41, 5.74) is 3.10. The van der Waals surface area contributed by atoms with Crippen LogP contribution in [0.2, 0.25) is 0 Å². The summed E-state index contributed by atoms with van der Waals surface area (Å²) in [5, 5.41) is 2.91. The SMILES string of the molecule is O=C(/C=C/c1ccccc1Br)NCCCn1cnc2ccccc21. The van der Waals surface area contributed by atoms with Gasteiger partial charge in [-0.25, -0.2) is 4.98 Å². The van der Waals surface area contributed by atoms with Crippen LogP contribution in [0.5, 0.6) is 0 Å². The third-order valence-corrected chi connectivity index (χ3v) is 4.44. The number of imidazole rings is 1. The van der Waals surface area contributed by atoms with Gasteiger partial charge in [-0.3, -0.25) is 4.79 Å². The molecule has 0 saturated carbocycles. The van der Waals surface area contributed by atoms with Gasteiger partial charge in [-0.2, -0.15) is 0 Å². The van der Waals surface area contributed by atoms with Gasteiger partial charge in [0.25, 0.3) is 0 Å². The van der Waals surface area contributed by atoms with E-state index in [2.05, 4.69) is 36.9 Å². The minimum Gasteiger partial charge on any atom is -0.352 e. The molecule has 1 aromatic heterocycles. The third kappa shape index (κ3) is 4.11. The molecule has 3 aromatic rings. The molecule has 0 bridgehead atoms. The molecule has 3 rings (SSSR count). The highest BCUT2D eigenvalue weighted by Gasteiger charge is 2.01. The maximum Gasteiger partial charge on any atom is 0.244 e. The molecule has 122 valence electrons. The van der Waals surface area contributed by atoms with Crippen molar-refractivity contribution in [3.8, 4) is 0 Å². The van der Waals surface area contributed by atoms with Gasteiger partial charge >= 0.3 is 0 Å². The standard InChI is InChI=1S/C19H18BrN3O/c20-16-7-2-1-6-15(16)10-11-19(24)21-12-5-13-23-14-22-17-8-3-4-9-18(17)23/h1-4,6-11,14H,5,12-13H2,(H,21,24)/b11-10+. The van der Waals surface area contributed by atoms with Crippen molar-refractivity contribution in [2.75, 3.05) is 6.54 Å². The Bertz CT molecular complexity index is 870. The van der Waals surface area contributed by atoms with Crippen molar-refractivity contribution in [1.82, 2.24) is 14.9 Å². The number of carbonyl (C=O) groups excluding carboxylic acids is 1. The average Bonchev–Trinajstić information content (AvgIpc) is 3.01. The molecule has 0 radical (unpaired) electrons. The number of hydrogen-bond donors (Lipinski definition) is 1. The number of rotatable bonds is 6. The Morgan fingerprint density at radius 1 is 1.17 bits per heavy atom. The molecule has 0 unspecified atom stereocenters. The van der Waals surface area contributed by atoms with Gasteiger partial charge < -0.3 is 9.88 Å². The maximum atomic E-state index is 11.9. The van der Waals surface area contributed by atoms with Crippen molar-refractivity contribution in [3.63, 3.8) is 0 Å². The highest BCUT2D eigenvalue weighted by molar-refractivity contribution is 9.10. The van der Waals surface area contributed by atoms with Gasteiger partial charge in [0.2, 0.25) is 5.91 Å². The molecule has 1 heterocycles. The fraction of sp³-hybridized carbons (Fsp3) is 0.158. The third-order valence-electron chi connectivity index (χ3n) is 3.72. The van der Waals surface area contributed by atoms with E-state index < -0.39 is 0 Å². The van der Waals surface area contributed by atoms with E-state index in [1.807, 2.05) is 54.9 Å². The average molecular weight is 384 g/mol. The van der Waals surface area contributed by atoms with Crippen molar-refractivity contribution in [2.45, 2.75) is 13.0 Å². The molecule has 0 aliphatic carbocycles. The van der Waals surface area contributed by atoms with Gasteiger partial charge in [-0.1, -0.05) is 46.3 Å². The lowest BCUT2D eigenvalue weighted by atomic mass is 10.2. The molecule has 2 aromatic carbocycles. The van der Waals surface area contributed by atoms with E-state index >= 15 is 0 Å². The first kappa shape index (κ1) is 16.5. The first-order valence-electron chi connectivity index (χ1n) is 7.84. The Labute approximate surface area is 149 Å². The van der Waals surface area contributed by atoms with Gasteiger partial charge in [0, 0.05) is 23.6 Å². The van der Waals surface area contributed by atoms with E-state index in [1.54, 1.807) is 6.08 Å². The Hall–Kier alpha value is -2.40. The van der Waals surface area contributed by atoms with E-state index in [4.69, 9.17) is 0 Å². The van der Waals surface area contributed by atoms with E-state index in [0.29, 0.717) is 6.54 Å². The highest BCUT2D eigenvalue weighted by Crippen LogP contribution is 2.17. The predicted molar refractivity (Wildman–Crippen MR) is 101 cm³/mol. The number of para-hydroxylation sites is 2. The zero-order valence-electron chi connectivity index (χ0n) is 13.2. The van der Waals surface area contributed by atoms with Crippen LogP contribution in [-0.2, 0) is 11.3 Å². The second-order valence-electron chi connectivity index (χ2n) is 5.43. The van der Waals surface area contributed by atoms with Crippen molar-refractivity contribution < 1.29 is 4.79 Å². The first-order valence-corrected chi connectivity index (χ1v) is 8.63. The summed E-state index contributed by atoms with van der Waals surface area (Å²) in [6, 6.07) is 15.8. The lowest BCUT2D eigenvalue weighted by Gasteiger charge is -2.05. The fourth-order valence-electron chi connectivity index (χ4n) is 2.48. The lowest BCUT2D eigenvalue weighted by Crippen LogP contribution is -2.23. The Kier molecular flexibility index (Phi) is 5.43. The molecule has 0 atom stereocenters. The van der Waals surface area contributed by atoms with Crippen molar-refractivity contribution in [1.29, 1.82) is 0 Å². The van der Waals surface area contributed by atoms with E-state index in [1.165, 1.54) is 0 Å². The molecule has 0 fully saturated rings. The van der Waals surface area contributed by atoms with E-state index in [0.717, 1.165) is 34.0 Å². The van der Waals surface area contributed by atoms with Crippen LogP contribution in [0.3, 0.4) is 0 Å². The summed E-state index contributed by atoms with van der Waals surface area (Å²) in [6.45, 7) is 1.46. The minimum absolute atomic E-state index is 0.0822. The van der Waals surface area contributed by atoms with Gasteiger partial charge in [0.05, 0.1) is 17.4 Å². The summed E-state index contributed by atoms with van der Waals surface area (Å²) >= 11 is 3.46. The fourth-order valence-corrected chi connectivity index (χ4v) is 2.90. The number of nitrogens with zero attached hydrogens (tertiary/aromatic N) is 2. The van der Waals surface area contributed by atoms with Crippen molar-refractivity contribution in [2.24, 2.45) is 0 Å². The number of amides is 1. The summed E-state index contributed by atoms with van der Waals surface area (Å²) in [7, 11) is 0. The molecule has 1 amide bonds. The second-order valence-corrected chi connectivity index (χ2v) is 6.28. The molecule has 0 aliphatic rings. The molecule has 0 spiro atoms. The van der Waals surface area contributed by atoms with Crippen LogP contribution in [-0.4, -0.2) is 22.0 Å². The van der Waals surface area contributed by atoms with Crippen LogP contribution in [0.15, 0.2) is 65.4 Å². The summed E-state index contributed by atoms with van der Waals surface area (Å²) in [5.74, 6) is -0.0822. The second kappa shape index (κ2) is 7.93. The van der Waals surface area contributed by atoms with Crippen LogP contribution >= 0.6 is 15.9 Å². The molecular formula is C19H18BrN3O. The molecule has 0 saturated heterocycles. The van der Waals surface area contributed by atoms with Crippen molar-refractivity contribution >= 4 is 38.9 Å². The number of halogens is 1. The van der Waals surface area contributed by atoms with Gasteiger partial charge in [-0.15, -0.1) is 0 Å². The van der Waals surface area contributed by atoms with Gasteiger partial charge in [0.15, 0.2) is 0 Å². The normalized spacial score (nSPS) is 11.2. The van der Waals surface area contributed by atoms with E-state index in [-0.39, 0.29) is 5.91 Å². The number of aryl methyl sites for hydroxylation is 1. The maximum absolute atomic E-state index is 11.9. The Balaban J connectivity index is 1.46. The number of fused-ring (bicyclic) bond motifs is 1. The lowest BCUT2D eigenvalue weighted by molar-refractivity contribution is -0.116. The molecule has 24 heavy (non-hydrogen) atoms. The van der Waals surface area contributed by atoms with Crippen LogP contribution in [0, 0.1) is 0 Å². The van der Waals surface area contributed by atoms with Crippen molar-refractivity contribution in [3.05, 3.63) is 71.0 Å². The van der Waals surface area contributed by atoms with E-state index in [9.17, 15) is 4.79 Å².